The lowest BCUT2D eigenvalue weighted by Crippen LogP contribution is -2.40. The predicted molar refractivity (Wildman–Crippen MR) is 167 cm³/mol. The number of carbonyl (C=O) groups is 2. The molecular weight excluding hydrogens is 585 g/mol. The van der Waals surface area contributed by atoms with Gasteiger partial charge in [-0.25, -0.2) is 4.39 Å². The summed E-state index contributed by atoms with van der Waals surface area (Å²) in [6.45, 7) is 1.44. The highest BCUT2D eigenvalue weighted by molar-refractivity contribution is 5.95. The summed E-state index contributed by atoms with van der Waals surface area (Å²) in [6, 6.07) is 22.5. The molecule has 228 valence electrons. The summed E-state index contributed by atoms with van der Waals surface area (Å²) in [7, 11) is 1.57. The second kappa shape index (κ2) is 13.4. The van der Waals surface area contributed by atoms with E-state index >= 15 is 0 Å². The van der Waals surface area contributed by atoms with Crippen molar-refractivity contribution in [2.75, 3.05) is 26.8 Å². The number of methoxy groups -OCH3 is 1. The van der Waals surface area contributed by atoms with Crippen LogP contribution >= 0.6 is 12.4 Å². The van der Waals surface area contributed by atoms with Gasteiger partial charge in [0.1, 0.15) is 17.3 Å². The lowest BCUT2D eigenvalue weighted by Gasteiger charge is -2.38. The van der Waals surface area contributed by atoms with E-state index in [4.69, 9.17) is 19.9 Å². The van der Waals surface area contributed by atoms with E-state index in [1.165, 1.54) is 18.2 Å². The summed E-state index contributed by atoms with van der Waals surface area (Å²) in [6.07, 6.45) is 1.08. The number of amides is 2. The number of nitrogens with one attached hydrogen (secondary N) is 1. The Morgan fingerprint density at radius 3 is 2.59 bits per heavy atom. The smallest absolute Gasteiger partial charge is 0.254 e. The van der Waals surface area contributed by atoms with Gasteiger partial charge in [0.25, 0.3) is 11.8 Å². The first kappa shape index (κ1) is 30.8. The molecule has 4 aromatic carbocycles. The molecule has 0 saturated heterocycles. The van der Waals surface area contributed by atoms with E-state index in [9.17, 15) is 14.0 Å². The monoisotopic (exact) mass is 617 g/mol. The van der Waals surface area contributed by atoms with Crippen molar-refractivity contribution in [3.8, 4) is 23.0 Å². The molecule has 0 fully saturated rings. The molecule has 10 heteroatoms. The Hall–Kier alpha value is -4.60. The average Bonchev–Trinajstić information content (AvgIpc) is 3.04. The quantitative estimate of drug-likeness (QED) is 0.301. The lowest BCUT2D eigenvalue weighted by molar-refractivity contribution is 0.0694. The van der Waals surface area contributed by atoms with E-state index in [-0.39, 0.29) is 37.0 Å². The molecule has 3 N–H and O–H groups in total. The first-order valence-electron chi connectivity index (χ1n) is 14.2. The third kappa shape index (κ3) is 6.20. The zero-order chi connectivity index (χ0) is 29.9. The van der Waals surface area contributed by atoms with E-state index in [0.29, 0.717) is 54.5 Å². The molecule has 44 heavy (non-hydrogen) atoms. The Kier molecular flexibility index (Phi) is 9.37. The number of hydrogen-bond donors (Lipinski definition) is 2. The van der Waals surface area contributed by atoms with Crippen molar-refractivity contribution in [2.45, 2.75) is 25.4 Å². The molecule has 3 heterocycles. The SMILES string of the molecule is COc1ccc2cc1OCCCNC(=O)c1cc(ccc1F)Oc1ccc3c(c1)CCN(C(=O)c1ccc(CN)cc1)C23.Cl. The summed E-state index contributed by atoms with van der Waals surface area (Å²) in [4.78, 5) is 28.6. The predicted octanol–water partition coefficient (Wildman–Crippen LogP) is 5.81. The van der Waals surface area contributed by atoms with Crippen LogP contribution in [0.4, 0.5) is 4.39 Å². The number of rotatable bonds is 3. The highest BCUT2D eigenvalue weighted by atomic mass is 35.5. The molecule has 0 radical (unpaired) electrons. The number of hydrogen-bond acceptors (Lipinski definition) is 6. The molecule has 2 amide bonds. The van der Waals surface area contributed by atoms with Crippen molar-refractivity contribution in [3.63, 3.8) is 0 Å². The van der Waals surface area contributed by atoms with E-state index in [2.05, 4.69) is 5.32 Å². The topological polar surface area (TPSA) is 103 Å². The van der Waals surface area contributed by atoms with Gasteiger partial charge in [-0.2, -0.15) is 0 Å². The summed E-state index contributed by atoms with van der Waals surface area (Å²) in [5.74, 6) is 0.726. The number of ether oxygens (including phenoxy) is 3. The zero-order valence-electron chi connectivity index (χ0n) is 24.2. The maximum atomic E-state index is 14.5. The van der Waals surface area contributed by atoms with Crippen molar-refractivity contribution in [3.05, 3.63) is 118 Å². The molecule has 4 aromatic rings. The Balaban J connectivity index is 0.00000384. The first-order chi connectivity index (χ1) is 20.9. The summed E-state index contributed by atoms with van der Waals surface area (Å²) in [5.41, 5.74) is 10.1. The Morgan fingerprint density at radius 2 is 1.82 bits per heavy atom. The zero-order valence-corrected chi connectivity index (χ0v) is 25.0. The van der Waals surface area contributed by atoms with Gasteiger partial charge in [-0.05, 0) is 89.7 Å². The maximum Gasteiger partial charge on any atom is 0.254 e. The molecule has 1 atom stereocenters. The molecule has 3 aliphatic rings. The normalized spacial score (nSPS) is 15.9. The Labute approximate surface area is 261 Å². The third-order valence-corrected chi connectivity index (χ3v) is 7.83. The Morgan fingerprint density at radius 1 is 1.05 bits per heavy atom. The summed E-state index contributed by atoms with van der Waals surface area (Å²) < 4.78 is 32.3. The van der Waals surface area contributed by atoms with Gasteiger partial charge in [-0.1, -0.05) is 24.3 Å². The van der Waals surface area contributed by atoms with Crippen LogP contribution in [0, 0.1) is 5.82 Å². The standard InChI is InChI=1S/C34H32FN3O5.ClH/c1-41-30-12-7-24-18-31(30)42-16-2-14-37-33(39)28-19-26(9-11-29(28)35)43-25-8-10-27-23(17-25)13-15-38(32(24)27)34(40)22-5-3-21(20-36)4-6-22;/h3-12,17-19,32H,2,13-16,20,36H2,1H3,(H,37,39);1H. The fourth-order valence-corrected chi connectivity index (χ4v) is 5.60. The third-order valence-electron chi connectivity index (χ3n) is 7.83. The first-order valence-corrected chi connectivity index (χ1v) is 14.2. The highest BCUT2D eigenvalue weighted by Gasteiger charge is 2.33. The van der Waals surface area contributed by atoms with Crippen LogP contribution in [0.15, 0.2) is 78.9 Å². The minimum absolute atomic E-state index is 0. The molecule has 1 unspecified atom stereocenters. The van der Waals surface area contributed by atoms with Gasteiger partial charge in [0.05, 0.1) is 25.3 Å². The average molecular weight is 618 g/mol. The van der Waals surface area contributed by atoms with E-state index in [1.807, 2.05) is 65.6 Å². The number of benzene rings is 4. The van der Waals surface area contributed by atoms with Crippen LogP contribution in [-0.2, 0) is 13.0 Å². The minimum atomic E-state index is -0.632. The number of halogens is 2. The fraction of sp³-hybridized carbons (Fsp3) is 0.235. The largest absolute Gasteiger partial charge is 0.493 e. The molecule has 3 aliphatic heterocycles. The van der Waals surface area contributed by atoms with Crippen molar-refractivity contribution < 1.29 is 28.2 Å². The van der Waals surface area contributed by atoms with Crippen LogP contribution in [0.3, 0.4) is 0 Å². The molecular formula is C34H33ClFN3O5. The van der Waals surface area contributed by atoms with Crippen LogP contribution < -0.4 is 25.3 Å². The van der Waals surface area contributed by atoms with Crippen LogP contribution in [0.25, 0.3) is 0 Å². The number of fused-ring (bicyclic) bond motifs is 6. The Bertz CT molecular complexity index is 1680. The van der Waals surface area contributed by atoms with Crippen molar-refractivity contribution >= 4 is 24.2 Å². The van der Waals surface area contributed by atoms with Gasteiger partial charge in [0.15, 0.2) is 11.5 Å². The van der Waals surface area contributed by atoms with E-state index in [0.717, 1.165) is 22.3 Å². The summed E-state index contributed by atoms with van der Waals surface area (Å²) in [5, 5.41) is 2.75. The van der Waals surface area contributed by atoms with Crippen molar-refractivity contribution in [1.82, 2.24) is 10.2 Å². The second-order valence-corrected chi connectivity index (χ2v) is 10.5. The molecule has 0 aromatic heterocycles. The number of carbonyl (C=O) groups excluding carboxylic acids is 2. The maximum absolute atomic E-state index is 14.5. The van der Waals surface area contributed by atoms with Crippen LogP contribution in [0.5, 0.6) is 23.0 Å². The molecule has 8 bridgehead atoms. The van der Waals surface area contributed by atoms with Crippen molar-refractivity contribution in [2.24, 2.45) is 5.73 Å². The molecule has 0 spiro atoms. The molecule has 0 saturated carbocycles. The fourth-order valence-electron chi connectivity index (χ4n) is 5.60. The summed E-state index contributed by atoms with van der Waals surface area (Å²) >= 11 is 0. The number of nitrogens with zero attached hydrogens (tertiary/aromatic N) is 1. The van der Waals surface area contributed by atoms with Gasteiger partial charge < -0.3 is 30.2 Å². The van der Waals surface area contributed by atoms with E-state index in [1.54, 1.807) is 7.11 Å². The molecule has 8 nitrogen and oxygen atoms in total. The van der Waals surface area contributed by atoms with Gasteiger partial charge >= 0.3 is 0 Å². The van der Waals surface area contributed by atoms with Crippen molar-refractivity contribution in [1.29, 1.82) is 0 Å². The lowest BCUT2D eigenvalue weighted by atomic mass is 9.87. The molecule has 7 rings (SSSR count). The second-order valence-electron chi connectivity index (χ2n) is 10.5. The minimum Gasteiger partial charge on any atom is -0.493 e. The van der Waals surface area contributed by atoms with E-state index < -0.39 is 17.8 Å². The van der Waals surface area contributed by atoms with Crippen LogP contribution in [0.1, 0.15) is 55.4 Å². The van der Waals surface area contributed by atoms with Gasteiger partial charge in [-0.15, -0.1) is 12.4 Å². The van der Waals surface area contributed by atoms with Gasteiger partial charge in [0.2, 0.25) is 0 Å². The van der Waals surface area contributed by atoms with Crippen LogP contribution in [0.2, 0.25) is 0 Å². The van der Waals surface area contributed by atoms with Gasteiger partial charge in [-0.3, -0.25) is 9.59 Å². The van der Waals surface area contributed by atoms with Gasteiger partial charge in [0, 0.05) is 25.2 Å². The number of nitrogens with two attached hydrogens (primary N) is 1. The highest BCUT2D eigenvalue weighted by Crippen LogP contribution is 2.41. The van der Waals surface area contributed by atoms with Crippen LogP contribution in [-0.4, -0.2) is 43.5 Å². The molecule has 0 aliphatic carbocycles.